The summed E-state index contributed by atoms with van der Waals surface area (Å²) in [4.78, 5) is 17.3. The molecule has 0 saturated carbocycles. The van der Waals surface area contributed by atoms with Crippen LogP contribution in [0.1, 0.15) is 22.7 Å². The number of hydrogen-bond donors (Lipinski definition) is 1. The summed E-state index contributed by atoms with van der Waals surface area (Å²) in [6.45, 7) is 0.500. The van der Waals surface area contributed by atoms with Crippen LogP contribution in [0.5, 0.6) is 11.5 Å². The number of carbonyl (C=O) groups is 1. The molecule has 6 nitrogen and oxygen atoms in total. The van der Waals surface area contributed by atoms with Gasteiger partial charge in [0.25, 0.3) is 0 Å². The number of halogens is 2. The molecular formula is C26H27Cl2N3O3. The van der Waals surface area contributed by atoms with Gasteiger partial charge < -0.3 is 24.6 Å². The lowest BCUT2D eigenvalue weighted by Crippen LogP contribution is -2.43. The lowest BCUT2D eigenvalue weighted by Gasteiger charge is -2.38. The maximum Gasteiger partial charge on any atom is 0.322 e. The van der Waals surface area contributed by atoms with E-state index in [9.17, 15) is 4.79 Å². The van der Waals surface area contributed by atoms with Crippen LogP contribution in [0.3, 0.4) is 0 Å². The average molecular weight is 500 g/mol. The zero-order chi connectivity index (χ0) is 24.4. The molecule has 0 saturated heterocycles. The number of carbonyl (C=O) groups excluding carboxylic acids is 1. The van der Waals surface area contributed by atoms with Crippen molar-refractivity contribution in [3.8, 4) is 11.5 Å². The number of ether oxygens (including phenoxy) is 2. The van der Waals surface area contributed by atoms with E-state index in [0.717, 1.165) is 22.4 Å². The summed E-state index contributed by atoms with van der Waals surface area (Å²) in [6.07, 6.45) is 0.653. The monoisotopic (exact) mass is 499 g/mol. The first-order valence-electron chi connectivity index (χ1n) is 10.9. The fourth-order valence-corrected chi connectivity index (χ4v) is 4.87. The Hall–Kier alpha value is -3.09. The van der Waals surface area contributed by atoms with Gasteiger partial charge in [-0.3, -0.25) is 0 Å². The molecule has 2 amide bonds. The normalized spacial score (nSPS) is 14.9. The Kier molecular flexibility index (Phi) is 7.10. The topological polar surface area (TPSA) is 54.0 Å². The third-order valence-electron chi connectivity index (χ3n) is 5.96. The van der Waals surface area contributed by atoms with Crippen molar-refractivity contribution in [2.45, 2.75) is 12.5 Å². The van der Waals surface area contributed by atoms with E-state index in [1.165, 1.54) is 0 Å². The number of hydrogen-bond acceptors (Lipinski definition) is 4. The number of benzene rings is 3. The highest BCUT2D eigenvalue weighted by Crippen LogP contribution is 2.44. The van der Waals surface area contributed by atoms with Crippen molar-refractivity contribution in [2.24, 2.45) is 0 Å². The number of fused-ring (bicyclic) bond motifs is 1. The molecule has 34 heavy (non-hydrogen) atoms. The molecule has 0 aliphatic carbocycles. The number of methoxy groups -OCH3 is 2. The summed E-state index contributed by atoms with van der Waals surface area (Å²) < 4.78 is 11.2. The van der Waals surface area contributed by atoms with Crippen LogP contribution in [0.25, 0.3) is 0 Å². The van der Waals surface area contributed by atoms with Gasteiger partial charge in [0.2, 0.25) is 0 Å². The molecule has 1 aliphatic heterocycles. The lowest BCUT2D eigenvalue weighted by atomic mass is 9.87. The van der Waals surface area contributed by atoms with E-state index >= 15 is 0 Å². The Morgan fingerprint density at radius 2 is 1.68 bits per heavy atom. The highest BCUT2D eigenvalue weighted by atomic mass is 35.5. The molecular weight excluding hydrogens is 473 g/mol. The molecule has 1 atom stereocenters. The molecule has 1 unspecified atom stereocenters. The fraction of sp³-hybridized carbons (Fsp3) is 0.269. The maximum atomic E-state index is 13.5. The Bertz CT molecular complexity index is 1160. The molecule has 0 fully saturated rings. The van der Waals surface area contributed by atoms with Crippen LogP contribution in [0, 0.1) is 0 Å². The number of rotatable bonds is 5. The summed E-state index contributed by atoms with van der Waals surface area (Å²) in [5.41, 5.74) is 4.52. The molecule has 1 heterocycles. The highest BCUT2D eigenvalue weighted by molar-refractivity contribution is 6.34. The van der Waals surface area contributed by atoms with Crippen LogP contribution in [-0.4, -0.2) is 45.8 Å². The zero-order valence-electron chi connectivity index (χ0n) is 19.6. The van der Waals surface area contributed by atoms with Crippen LogP contribution >= 0.6 is 23.2 Å². The van der Waals surface area contributed by atoms with Crippen molar-refractivity contribution >= 4 is 40.6 Å². The molecule has 3 aromatic carbocycles. The molecule has 4 rings (SSSR count). The molecule has 1 N–H and O–H groups in total. The van der Waals surface area contributed by atoms with Crippen molar-refractivity contribution in [2.75, 3.05) is 45.1 Å². The summed E-state index contributed by atoms with van der Waals surface area (Å²) in [5.74, 6) is 1.35. The minimum absolute atomic E-state index is 0.220. The van der Waals surface area contributed by atoms with Gasteiger partial charge in [0.05, 0.1) is 20.3 Å². The van der Waals surface area contributed by atoms with E-state index in [-0.39, 0.29) is 6.03 Å². The molecule has 178 valence electrons. The van der Waals surface area contributed by atoms with Crippen molar-refractivity contribution < 1.29 is 14.3 Å². The van der Waals surface area contributed by atoms with Crippen LogP contribution in [-0.2, 0) is 6.42 Å². The highest BCUT2D eigenvalue weighted by Gasteiger charge is 2.35. The Morgan fingerprint density at radius 3 is 2.26 bits per heavy atom. The molecule has 0 spiro atoms. The van der Waals surface area contributed by atoms with Crippen molar-refractivity contribution in [1.29, 1.82) is 0 Å². The smallest absolute Gasteiger partial charge is 0.322 e. The number of urea groups is 1. The van der Waals surface area contributed by atoms with Gasteiger partial charge in [-0.25, -0.2) is 4.79 Å². The number of nitrogens with zero attached hydrogens (tertiary/aromatic N) is 2. The van der Waals surface area contributed by atoms with E-state index in [4.69, 9.17) is 32.7 Å². The Morgan fingerprint density at radius 1 is 1.00 bits per heavy atom. The van der Waals surface area contributed by atoms with E-state index in [1.54, 1.807) is 25.2 Å². The van der Waals surface area contributed by atoms with Gasteiger partial charge in [-0.05, 0) is 66.1 Å². The minimum Gasteiger partial charge on any atom is -0.497 e. The molecule has 0 aromatic heterocycles. The predicted molar refractivity (Wildman–Crippen MR) is 138 cm³/mol. The Labute approximate surface area is 210 Å². The van der Waals surface area contributed by atoms with Gasteiger partial charge in [0.15, 0.2) is 0 Å². The van der Waals surface area contributed by atoms with Crippen LogP contribution < -0.4 is 19.7 Å². The quantitative estimate of drug-likeness (QED) is 0.450. The van der Waals surface area contributed by atoms with Crippen molar-refractivity contribution in [3.05, 3.63) is 81.3 Å². The predicted octanol–water partition coefficient (Wildman–Crippen LogP) is 6.26. The van der Waals surface area contributed by atoms with Gasteiger partial charge in [-0.1, -0.05) is 23.2 Å². The van der Waals surface area contributed by atoms with E-state index in [0.29, 0.717) is 40.2 Å². The first kappa shape index (κ1) is 24.0. The summed E-state index contributed by atoms with van der Waals surface area (Å²) >= 11 is 12.7. The minimum atomic E-state index is -0.443. The summed E-state index contributed by atoms with van der Waals surface area (Å²) in [7, 11) is 7.19. The van der Waals surface area contributed by atoms with E-state index in [2.05, 4.69) is 5.32 Å². The van der Waals surface area contributed by atoms with Crippen LogP contribution in [0.4, 0.5) is 16.2 Å². The largest absolute Gasteiger partial charge is 0.497 e. The second-order valence-electron chi connectivity index (χ2n) is 8.32. The third kappa shape index (κ3) is 4.88. The lowest BCUT2D eigenvalue weighted by molar-refractivity contribution is 0.192. The molecule has 0 bridgehead atoms. The first-order valence-corrected chi connectivity index (χ1v) is 11.6. The second-order valence-corrected chi connectivity index (χ2v) is 9.20. The Balaban J connectivity index is 1.76. The van der Waals surface area contributed by atoms with Crippen LogP contribution in [0.2, 0.25) is 10.0 Å². The molecule has 0 radical (unpaired) electrons. The van der Waals surface area contributed by atoms with Crippen LogP contribution in [0.15, 0.2) is 54.6 Å². The van der Waals surface area contributed by atoms with Gasteiger partial charge >= 0.3 is 6.03 Å². The van der Waals surface area contributed by atoms with E-state index in [1.807, 2.05) is 67.5 Å². The second kappa shape index (κ2) is 10.0. The maximum absolute atomic E-state index is 13.5. The van der Waals surface area contributed by atoms with Crippen molar-refractivity contribution in [3.63, 3.8) is 0 Å². The summed E-state index contributed by atoms with van der Waals surface area (Å²) in [5, 5.41) is 4.04. The van der Waals surface area contributed by atoms with Gasteiger partial charge in [-0.2, -0.15) is 0 Å². The van der Waals surface area contributed by atoms with Crippen molar-refractivity contribution in [1.82, 2.24) is 4.90 Å². The zero-order valence-corrected chi connectivity index (χ0v) is 21.1. The number of nitrogens with one attached hydrogen (secondary N) is 1. The third-order valence-corrected chi connectivity index (χ3v) is 6.40. The molecule has 8 heteroatoms. The molecule has 3 aromatic rings. The van der Waals surface area contributed by atoms with Gasteiger partial charge in [0.1, 0.15) is 11.5 Å². The summed E-state index contributed by atoms with van der Waals surface area (Å²) in [6, 6.07) is 16.2. The first-order chi connectivity index (χ1) is 16.3. The van der Waals surface area contributed by atoms with Gasteiger partial charge in [-0.15, -0.1) is 0 Å². The fourth-order valence-electron chi connectivity index (χ4n) is 4.32. The average Bonchev–Trinajstić information content (AvgIpc) is 2.82. The standard InChI is InChI=1S/C26H27Cl2N3O3/c1-30(2)21-7-5-20(6-8-21)29-26(32)31-10-9-16-13-22(33-3)15-23(34-4)24(16)25(31)17-11-18(27)14-19(28)12-17/h5-8,11-15,25H,9-10H2,1-4H3,(H,29,32). The molecule has 1 aliphatic rings. The number of anilines is 2. The SMILES string of the molecule is COc1cc2c(c(OC)c1)C(c1cc(Cl)cc(Cl)c1)N(C(=O)Nc1ccc(N(C)C)cc1)CC2. The van der Waals surface area contributed by atoms with E-state index < -0.39 is 6.04 Å². The number of amides is 2. The van der Waals surface area contributed by atoms with Gasteiger partial charge in [0, 0.05) is 53.7 Å².